The molecule has 1 aliphatic rings. The molecule has 0 unspecified atom stereocenters. The Morgan fingerprint density at radius 3 is 2.60 bits per heavy atom. The molecule has 2 aromatic heterocycles. The molecule has 1 aliphatic carbocycles. The van der Waals surface area contributed by atoms with Gasteiger partial charge >= 0.3 is 0 Å². The van der Waals surface area contributed by atoms with E-state index in [1.165, 1.54) is 22.8 Å². The number of aromatic nitrogens is 3. The average molecular weight is 449 g/mol. The molecule has 1 aromatic carbocycles. The van der Waals surface area contributed by atoms with Gasteiger partial charge in [-0.25, -0.2) is 13.4 Å². The van der Waals surface area contributed by atoms with Crippen molar-refractivity contribution in [1.29, 1.82) is 0 Å². The van der Waals surface area contributed by atoms with Crippen molar-refractivity contribution in [2.75, 3.05) is 11.6 Å². The maximum atomic E-state index is 12.8. The fourth-order valence-electron chi connectivity index (χ4n) is 3.89. The van der Waals surface area contributed by atoms with E-state index in [0.717, 1.165) is 12.7 Å². The van der Waals surface area contributed by atoms with Gasteiger partial charge in [0.1, 0.15) is 10.7 Å². The van der Waals surface area contributed by atoms with E-state index in [9.17, 15) is 18.3 Å². The number of anilines is 2. The number of hydrogen-bond donors (Lipinski definition) is 2. The quantitative estimate of drug-likeness (QED) is 0.630. The molecule has 0 radical (unpaired) electrons. The number of pyridine rings is 1. The summed E-state index contributed by atoms with van der Waals surface area (Å²) in [6.07, 6.45) is 4.72. The standard InChI is InChI=1S/C20H21ClN4O4S/c1-20(27)9-3-4-16(20)25-17-12(10-15(21)18(25)26)11-22-19(24-17)23-13-5-7-14(8-6-13)30(2,28)29/h5-8,10-11,16,27H,3-4,9H2,1-2H3,(H,22,23,24)/t16-,20-/m1/s1. The summed E-state index contributed by atoms with van der Waals surface area (Å²) in [5, 5.41) is 14.4. The molecule has 158 valence electrons. The van der Waals surface area contributed by atoms with E-state index < -0.39 is 27.0 Å². The second kappa shape index (κ2) is 7.33. The zero-order valence-electron chi connectivity index (χ0n) is 16.5. The van der Waals surface area contributed by atoms with Crippen molar-refractivity contribution < 1.29 is 13.5 Å². The number of benzene rings is 1. The molecule has 2 N–H and O–H groups in total. The highest BCUT2D eigenvalue weighted by Crippen LogP contribution is 2.39. The molecule has 8 nitrogen and oxygen atoms in total. The van der Waals surface area contributed by atoms with E-state index in [1.54, 1.807) is 25.3 Å². The van der Waals surface area contributed by atoms with Crippen LogP contribution in [0, 0.1) is 0 Å². The Morgan fingerprint density at radius 2 is 2.00 bits per heavy atom. The van der Waals surface area contributed by atoms with Crippen LogP contribution in [0.3, 0.4) is 0 Å². The van der Waals surface area contributed by atoms with Gasteiger partial charge in [-0.15, -0.1) is 0 Å². The van der Waals surface area contributed by atoms with Crippen molar-refractivity contribution in [3.05, 3.63) is 51.9 Å². The van der Waals surface area contributed by atoms with Gasteiger partial charge in [-0.05, 0) is 56.5 Å². The summed E-state index contributed by atoms with van der Waals surface area (Å²) in [7, 11) is -3.29. The summed E-state index contributed by atoms with van der Waals surface area (Å²) in [4.78, 5) is 21.8. The SMILES string of the molecule is C[C@@]1(O)CCC[C@H]1n1c(=O)c(Cl)cc2cnc(Nc3ccc(S(C)(=O)=O)cc3)nc21. The van der Waals surface area contributed by atoms with Crippen LogP contribution in [0.2, 0.25) is 5.02 Å². The van der Waals surface area contributed by atoms with Crippen LogP contribution in [0.4, 0.5) is 11.6 Å². The van der Waals surface area contributed by atoms with Crippen molar-refractivity contribution in [3.63, 3.8) is 0 Å². The lowest BCUT2D eigenvalue weighted by atomic mass is 10.00. The third kappa shape index (κ3) is 3.80. The first-order valence-electron chi connectivity index (χ1n) is 9.43. The van der Waals surface area contributed by atoms with Crippen LogP contribution in [-0.2, 0) is 9.84 Å². The maximum Gasteiger partial charge on any atom is 0.271 e. The van der Waals surface area contributed by atoms with Crippen LogP contribution >= 0.6 is 11.6 Å². The van der Waals surface area contributed by atoms with Gasteiger partial charge in [0, 0.05) is 23.5 Å². The molecule has 2 atom stereocenters. The highest BCUT2D eigenvalue weighted by atomic mass is 35.5. The smallest absolute Gasteiger partial charge is 0.271 e. The van der Waals surface area contributed by atoms with Gasteiger partial charge in [-0.2, -0.15) is 4.98 Å². The Morgan fingerprint density at radius 1 is 1.30 bits per heavy atom. The number of nitrogens with zero attached hydrogens (tertiary/aromatic N) is 3. The predicted octanol–water partition coefficient (Wildman–Crippen LogP) is 3.07. The highest BCUT2D eigenvalue weighted by molar-refractivity contribution is 7.90. The van der Waals surface area contributed by atoms with Gasteiger partial charge in [-0.3, -0.25) is 9.36 Å². The summed E-state index contributed by atoms with van der Waals surface area (Å²) in [5.41, 5.74) is -0.473. The topological polar surface area (TPSA) is 114 Å². The molecule has 3 aromatic rings. The van der Waals surface area contributed by atoms with Crippen molar-refractivity contribution in [3.8, 4) is 0 Å². The van der Waals surface area contributed by atoms with Crippen LogP contribution in [0.5, 0.6) is 0 Å². The van der Waals surface area contributed by atoms with Crippen molar-refractivity contribution in [1.82, 2.24) is 14.5 Å². The Bertz CT molecular complexity index is 1290. The van der Waals surface area contributed by atoms with Gasteiger partial charge in [0.25, 0.3) is 5.56 Å². The molecular weight excluding hydrogens is 428 g/mol. The summed E-state index contributed by atoms with van der Waals surface area (Å²) < 4.78 is 24.7. The molecule has 0 amide bonds. The van der Waals surface area contributed by atoms with Crippen LogP contribution < -0.4 is 10.9 Å². The highest BCUT2D eigenvalue weighted by Gasteiger charge is 2.39. The van der Waals surface area contributed by atoms with Gasteiger partial charge in [0.05, 0.1) is 16.5 Å². The maximum absolute atomic E-state index is 12.8. The molecule has 0 saturated heterocycles. The second-order valence-electron chi connectivity index (χ2n) is 7.83. The molecule has 4 rings (SSSR count). The fraction of sp³-hybridized carbons (Fsp3) is 0.350. The Hall–Kier alpha value is -2.49. The van der Waals surface area contributed by atoms with Gasteiger partial charge in [-0.1, -0.05) is 11.6 Å². The van der Waals surface area contributed by atoms with Crippen molar-refractivity contribution in [2.24, 2.45) is 0 Å². The number of fused-ring (bicyclic) bond motifs is 1. The Labute approximate surface area is 178 Å². The minimum absolute atomic E-state index is 0.0471. The lowest BCUT2D eigenvalue weighted by Gasteiger charge is -2.28. The van der Waals surface area contributed by atoms with Crippen LogP contribution in [0.15, 0.2) is 46.2 Å². The first kappa shape index (κ1) is 20.8. The minimum Gasteiger partial charge on any atom is -0.388 e. The molecule has 1 saturated carbocycles. The summed E-state index contributed by atoms with van der Waals surface area (Å²) in [6.45, 7) is 1.72. The van der Waals surface area contributed by atoms with E-state index in [-0.39, 0.29) is 15.9 Å². The fourth-order valence-corrected chi connectivity index (χ4v) is 4.73. The molecular formula is C20H21ClN4O4S. The third-order valence-electron chi connectivity index (χ3n) is 5.46. The zero-order chi connectivity index (χ0) is 21.7. The van der Waals surface area contributed by atoms with E-state index in [1.807, 2.05) is 0 Å². The third-order valence-corrected chi connectivity index (χ3v) is 6.86. The van der Waals surface area contributed by atoms with Gasteiger partial charge < -0.3 is 10.4 Å². The van der Waals surface area contributed by atoms with Crippen LogP contribution in [-0.4, -0.2) is 39.9 Å². The number of nitrogens with one attached hydrogen (secondary N) is 1. The largest absolute Gasteiger partial charge is 0.388 e. The molecule has 30 heavy (non-hydrogen) atoms. The summed E-state index contributed by atoms with van der Waals surface area (Å²) >= 11 is 6.15. The Kier molecular flexibility index (Phi) is 5.08. The van der Waals surface area contributed by atoms with Crippen molar-refractivity contribution in [2.45, 2.75) is 42.7 Å². The summed E-state index contributed by atoms with van der Waals surface area (Å²) in [6, 6.07) is 7.28. The van der Waals surface area contributed by atoms with Gasteiger partial charge in [0.15, 0.2) is 9.84 Å². The number of aliphatic hydroxyl groups is 1. The predicted molar refractivity (Wildman–Crippen MR) is 115 cm³/mol. The lowest BCUT2D eigenvalue weighted by molar-refractivity contribution is 0.0267. The normalized spacial score (nSPS) is 21.8. The zero-order valence-corrected chi connectivity index (χ0v) is 18.0. The van der Waals surface area contributed by atoms with E-state index in [2.05, 4.69) is 15.3 Å². The molecule has 2 heterocycles. The van der Waals surface area contributed by atoms with Crippen LogP contribution in [0.25, 0.3) is 11.0 Å². The molecule has 1 fully saturated rings. The monoisotopic (exact) mass is 448 g/mol. The minimum atomic E-state index is -3.29. The van der Waals surface area contributed by atoms with Crippen LogP contribution in [0.1, 0.15) is 32.2 Å². The van der Waals surface area contributed by atoms with Crippen molar-refractivity contribution >= 4 is 44.1 Å². The Balaban J connectivity index is 1.78. The first-order chi connectivity index (χ1) is 14.1. The average Bonchev–Trinajstić information content (AvgIpc) is 3.02. The van der Waals surface area contributed by atoms with Gasteiger partial charge in [0.2, 0.25) is 5.95 Å². The second-order valence-corrected chi connectivity index (χ2v) is 10.2. The molecule has 10 heteroatoms. The number of hydrogen-bond acceptors (Lipinski definition) is 7. The van der Waals surface area contributed by atoms with E-state index in [4.69, 9.17) is 11.6 Å². The molecule has 0 spiro atoms. The first-order valence-corrected chi connectivity index (χ1v) is 11.7. The number of halogens is 1. The molecule has 0 bridgehead atoms. The summed E-state index contributed by atoms with van der Waals surface area (Å²) in [5.74, 6) is 0.239. The molecule has 0 aliphatic heterocycles. The lowest BCUT2D eigenvalue weighted by Crippen LogP contribution is -2.37. The number of rotatable bonds is 4. The number of sulfone groups is 1. The van der Waals surface area contributed by atoms with E-state index in [0.29, 0.717) is 29.6 Å². The van der Waals surface area contributed by atoms with E-state index >= 15 is 0 Å².